The summed E-state index contributed by atoms with van der Waals surface area (Å²) in [6.07, 6.45) is 0.712. The van der Waals surface area contributed by atoms with E-state index in [1.807, 2.05) is 48.5 Å². The summed E-state index contributed by atoms with van der Waals surface area (Å²) >= 11 is 3.40. The lowest BCUT2D eigenvalue weighted by Gasteiger charge is -2.14. The molecule has 88 valence electrons. The van der Waals surface area contributed by atoms with Crippen molar-refractivity contribution in [2.24, 2.45) is 4.99 Å². The van der Waals surface area contributed by atoms with Crippen molar-refractivity contribution in [3.8, 4) is 0 Å². The normalized spacial score (nSPS) is 14.1. The number of amides is 1. The molecule has 0 aliphatic carbocycles. The summed E-state index contributed by atoms with van der Waals surface area (Å²) in [5, 5.41) is 0. The van der Waals surface area contributed by atoms with Gasteiger partial charge in [-0.3, -0.25) is 4.79 Å². The molecule has 0 unspecified atom stereocenters. The summed E-state index contributed by atoms with van der Waals surface area (Å²) in [7, 11) is 0. The van der Waals surface area contributed by atoms with E-state index in [0.29, 0.717) is 6.42 Å². The molecule has 0 radical (unpaired) electrons. The van der Waals surface area contributed by atoms with Crippen molar-refractivity contribution in [3.05, 3.63) is 69.7 Å². The van der Waals surface area contributed by atoms with E-state index in [1.54, 1.807) is 0 Å². The monoisotopic (exact) mass is 299 g/mol. The number of benzene rings is 2. The number of hydrogen-bond donors (Lipinski definition) is 0. The predicted molar refractivity (Wildman–Crippen MR) is 75.2 cm³/mol. The quantitative estimate of drug-likeness (QED) is 0.790. The summed E-state index contributed by atoms with van der Waals surface area (Å²) in [4.78, 5) is 16.1. The van der Waals surface area contributed by atoms with Gasteiger partial charge < -0.3 is 0 Å². The average Bonchev–Trinajstić information content (AvgIpc) is 2.39. The van der Waals surface area contributed by atoms with E-state index in [-0.39, 0.29) is 5.91 Å². The minimum Gasteiger partial charge on any atom is -0.267 e. The number of hydrogen-bond acceptors (Lipinski definition) is 1. The zero-order chi connectivity index (χ0) is 12.5. The lowest BCUT2D eigenvalue weighted by Crippen LogP contribution is -2.17. The highest BCUT2D eigenvalue weighted by atomic mass is 79.9. The molecule has 2 aromatic rings. The number of carbonyl (C=O) groups excluding carboxylic acids is 1. The molecule has 0 saturated carbocycles. The van der Waals surface area contributed by atoms with E-state index in [9.17, 15) is 4.79 Å². The van der Waals surface area contributed by atoms with Crippen LogP contribution in [0.15, 0.2) is 58.0 Å². The fourth-order valence-electron chi connectivity index (χ4n) is 2.09. The highest BCUT2D eigenvalue weighted by Gasteiger charge is 2.19. The van der Waals surface area contributed by atoms with Crippen molar-refractivity contribution in [3.63, 3.8) is 0 Å². The predicted octanol–water partition coefficient (Wildman–Crippen LogP) is 3.63. The topological polar surface area (TPSA) is 29.4 Å². The van der Waals surface area contributed by atoms with Crippen LogP contribution < -0.4 is 0 Å². The molecule has 0 bridgehead atoms. The van der Waals surface area contributed by atoms with Crippen LogP contribution >= 0.6 is 15.9 Å². The van der Waals surface area contributed by atoms with E-state index in [1.165, 1.54) is 0 Å². The van der Waals surface area contributed by atoms with E-state index >= 15 is 0 Å². The number of fused-ring (bicyclic) bond motifs is 1. The van der Waals surface area contributed by atoms with Crippen LogP contribution in [0.3, 0.4) is 0 Å². The van der Waals surface area contributed by atoms with Gasteiger partial charge in [-0.05, 0) is 29.3 Å². The average molecular weight is 300 g/mol. The Balaban J connectivity index is 2.02. The first-order chi connectivity index (χ1) is 8.74. The molecule has 0 atom stereocenters. The minimum absolute atomic E-state index is 0.144. The molecule has 2 nitrogen and oxygen atoms in total. The van der Waals surface area contributed by atoms with Crippen LogP contribution in [0.25, 0.3) is 0 Å². The minimum atomic E-state index is -0.144. The first-order valence-electron chi connectivity index (χ1n) is 5.70. The summed E-state index contributed by atoms with van der Waals surface area (Å²) in [5.74, 6) is -0.144. The Morgan fingerprint density at radius 3 is 2.50 bits per heavy atom. The lowest BCUT2D eigenvalue weighted by atomic mass is 9.95. The van der Waals surface area contributed by atoms with Gasteiger partial charge in [-0.25, -0.2) is 4.99 Å². The Bertz CT molecular complexity index is 644. The maximum absolute atomic E-state index is 11.9. The van der Waals surface area contributed by atoms with Crippen LogP contribution in [-0.4, -0.2) is 11.6 Å². The van der Waals surface area contributed by atoms with Crippen molar-refractivity contribution >= 4 is 27.5 Å². The molecule has 0 spiro atoms. The largest absolute Gasteiger partial charge is 0.277 e. The van der Waals surface area contributed by atoms with Gasteiger partial charge in [0.15, 0.2) is 0 Å². The molecule has 0 fully saturated rings. The third-order valence-electron chi connectivity index (χ3n) is 3.02. The lowest BCUT2D eigenvalue weighted by molar-refractivity contribution is 0.1000. The molecule has 0 aromatic heterocycles. The Morgan fingerprint density at radius 2 is 1.72 bits per heavy atom. The Hall–Kier alpha value is -1.74. The smallest absolute Gasteiger partial charge is 0.267 e. The fourth-order valence-corrected chi connectivity index (χ4v) is 2.36. The van der Waals surface area contributed by atoms with Crippen LogP contribution in [0.4, 0.5) is 0 Å². The van der Waals surface area contributed by atoms with Gasteiger partial charge in [0.25, 0.3) is 5.91 Å². The maximum Gasteiger partial charge on any atom is 0.277 e. The third kappa shape index (κ3) is 2.02. The first kappa shape index (κ1) is 11.4. The van der Waals surface area contributed by atoms with Gasteiger partial charge in [-0.2, -0.15) is 0 Å². The summed E-state index contributed by atoms with van der Waals surface area (Å²) in [6, 6.07) is 15.5. The van der Waals surface area contributed by atoms with Crippen molar-refractivity contribution in [1.29, 1.82) is 0 Å². The SMILES string of the molecule is O=C1N=C(c2ccc(Br)cc2)Cc2ccccc21. The number of aliphatic imine (C=N–C) groups is 1. The van der Waals surface area contributed by atoms with Gasteiger partial charge in [0.2, 0.25) is 0 Å². The second-order valence-electron chi connectivity index (χ2n) is 4.20. The molecule has 1 aliphatic rings. The van der Waals surface area contributed by atoms with Gasteiger partial charge in [0.1, 0.15) is 0 Å². The molecular weight excluding hydrogens is 290 g/mol. The molecule has 3 rings (SSSR count). The number of rotatable bonds is 1. The molecular formula is C15H10BrNO. The summed E-state index contributed by atoms with van der Waals surface area (Å²) in [6.45, 7) is 0. The van der Waals surface area contributed by atoms with Crippen molar-refractivity contribution in [2.75, 3.05) is 0 Å². The summed E-state index contributed by atoms with van der Waals surface area (Å²) < 4.78 is 1.02. The number of carbonyl (C=O) groups is 1. The molecule has 2 aromatic carbocycles. The van der Waals surface area contributed by atoms with Crippen molar-refractivity contribution in [1.82, 2.24) is 0 Å². The van der Waals surface area contributed by atoms with Crippen LogP contribution in [0.5, 0.6) is 0 Å². The number of nitrogens with zero attached hydrogens (tertiary/aromatic N) is 1. The molecule has 1 heterocycles. The van der Waals surface area contributed by atoms with Crippen LogP contribution in [-0.2, 0) is 6.42 Å². The number of halogens is 1. The van der Waals surface area contributed by atoms with E-state index in [0.717, 1.165) is 26.9 Å². The van der Waals surface area contributed by atoms with E-state index < -0.39 is 0 Å². The second-order valence-corrected chi connectivity index (χ2v) is 5.12. The second kappa shape index (κ2) is 4.50. The summed E-state index contributed by atoms with van der Waals surface area (Å²) in [5.41, 5.74) is 3.61. The van der Waals surface area contributed by atoms with E-state index in [4.69, 9.17) is 0 Å². The van der Waals surface area contributed by atoms with Gasteiger partial charge in [-0.1, -0.05) is 46.3 Å². The Morgan fingerprint density at radius 1 is 1.00 bits per heavy atom. The molecule has 0 N–H and O–H groups in total. The third-order valence-corrected chi connectivity index (χ3v) is 3.55. The standard InChI is InChI=1S/C15H10BrNO/c16-12-7-5-10(6-8-12)14-9-11-3-1-2-4-13(11)15(18)17-14/h1-8H,9H2. The maximum atomic E-state index is 11.9. The first-order valence-corrected chi connectivity index (χ1v) is 6.49. The molecule has 3 heteroatoms. The zero-order valence-electron chi connectivity index (χ0n) is 9.56. The highest BCUT2D eigenvalue weighted by Crippen LogP contribution is 2.20. The van der Waals surface area contributed by atoms with Gasteiger partial charge in [-0.15, -0.1) is 0 Å². The van der Waals surface area contributed by atoms with Gasteiger partial charge in [0.05, 0.1) is 5.71 Å². The molecule has 18 heavy (non-hydrogen) atoms. The van der Waals surface area contributed by atoms with Crippen molar-refractivity contribution < 1.29 is 4.79 Å². The Labute approximate surface area is 114 Å². The fraction of sp³-hybridized carbons (Fsp3) is 0.0667. The Kier molecular flexibility index (Phi) is 2.84. The van der Waals surface area contributed by atoms with Gasteiger partial charge in [0, 0.05) is 16.5 Å². The zero-order valence-corrected chi connectivity index (χ0v) is 11.1. The van der Waals surface area contributed by atoms with Crippen LogP contribution in [0, 0.1) is 0 Å². The van der Waals surface area contributed by atoms with Crippen LogP contribution in [0.2, 0.25) is 0 Å². The molecule has 0 saturated heterocycles. The molecule has 1 amide bonds. The molecule has 1 aliphatic heterocycles. The van der Waals surface area contributed by atoms with E-state index in [2.05, 4.69) is 20.9 Å². The van der Waals surface area contributed by atoms with Crippen molar-refractivity contribution in [2.45, 2.75) is 6.42 Å². The van der Waals surface area contributed by atoms with Crippen LogP contribution in [0.1, 0.15) is 21.5 Å². The highest BCUT2D eigenvalue weighted by molar-refractivity contribution is 9.10. The van der Waals surface area contributed by atoms with Gasteiger partial charge >= 0.3 is 0 Å².